The van der Waals surface area contributed by atoms with Crippen molar-refractivity contribution in [2.24, 2.45) is 0 Å². The lowest BCUT2D eigenvalue weighted by Crippen LogP contribution is -2.23. The predicted molar refractivity (Wildman–Crippen MR) is 66.1 cm³/mol. The van der Waals surface area contributed by atoms with Gasteiger partial charge in [-0.3, -0.25) is 4.79 Å². The average Bonchev–Trinajstić information content (AvgIpc) is 2.27. The second-order valence-corrected chi connectivity index (χ2v) is 4.41. The van der Waals surface area contributed by atoms with E-state index in [1.807, 2.05) is 0 Å². The normalized spacial score (nSPS) is 10.5. The largest absolute Gasteiger partial charge is 0.382 e. The molecule has 1 aromatic heterocycles. The van der Waals surface area contributed by atoms with E-state index in [2.05, 4.69) is 21.0 Å². The van der Waals surface area contributed by atoms with Crippen LogP contribution in [0, 0.1) is 5.82 Å². The van der Waals surface area contributed by atoms with Crippen molar-refractivity contribution in [2.75, 3.05) is 5.73 Å². The third-order valence-corrected chi connectivity index (χ3v) is 2.72. The number of hydrogen-bond acceptors (Lipinski definition) is 3. The molecule has 1 heterocycles. The van der Waals surface area contributed by atoms with Crippen LogP contribution in [0.2, 0.25) is 0 Å². The van der Waals surface area contributed by atoms with E-state index < -0.39 is 5.82 Å². The van der Waals surface area contributed by atoms with Gasteiger partial charge < -0.3 is 5.73 Å². The standard InChI is InChI=1S/C11H9BrFN3O/c12-8-2-1-7(9(13)5-8)6-16-11(17)4-3-10(14)15-16/h1-5H,6H2,(H2,14,15). The predicted octanol–water partition coefficient (Wildman–Crippen LogP) is 1.78. The molecule has 0 saturated carbocycles. The molecule has 1 aromatic carbocycles. The highest BCUT2D eigenvalue weighted by atomic mass is 79.9. The summed E-state index contributed by atoms with van der Waals surface area (Å²) in [5.74, 6) is -0.169. The summed E-state index contributed by atoms with van der Waals surface area (Å²) < 4.78 is 15.3. The van der Waals surface area contributed by atoms with Crippen LogP contribution in [0.5, 0.6) is 0 Å². The first-order valence-electron chi connectivity index (χ1n) is 4.84. The van der Waals surface area contributed by atoms with Gasteiger partial charge in [-0.05, 0) is 18.2 Å². The molecule has 0 unspecified atom stereocenters. The van der Waals surface area contributed by atoms with E-state index >= 15 is 0 Å². The van der Waals surface area contributed by atoms with Crippen molar-refractivity contribution in [2.45, 2.75) is 6.54 Å². The minimum atomic E-state index is -0.393. The van der Waals surface area contributed by atoms with Crippen molar-refractivity contribution in [3.05, 3.63) is 56.5 Å². The molecule has 0 atom stereocenters. The number of nitrogens with zero attached hydrogens (tertiary/aromatic N) is 2. The zero-order valence-electron chi connectivity index (χ0n) is 8.73. The Morgan fingerprint density at radius 1 is 1.35 bits per heavy atom. The maximum atomic E-state index is 13.6. The lowest BCUT2D eigenvalue weighted by Gasteiger charge is -2.06. The van der Waals surface area contributed by atoms with Gasteiger partial charge in [0.1, 0.15) is 11.6 Å². The van der Waals surface area contributed by atoms with Crippen LogP contribution < -0.4 is 11.3 Å². The maximum Gasteiger partial charge on any atom is 0.267 e. The van der Waals surface area contributed by atoms with Gasteiger partial charge in [-0.15, -0.1) is 0 Å². The Balaban J connectivity index is 2.38. The lowest BCUT2D eigenvalue weighted by atomic mass is 10.2. The topological polar surface area (TPSA) is 60.9 Å². The number of aromatic nitrogens is 2. The molecule has 2 N–H and O–H groups in total. The van der Waals surface area contributed by atoms with Crippen LogP contribution in [-0.4, -0.2) is 9.78 Å². The van der Waals surface area contributed by atoms with E-state index in [9.17, 15) is 9.18 Å². The van der Waals surface area contributed by atoms with Crippen LogP contribution >= 0.6 is 15.9 Å². The first kappa shape index (κ1) is 11.8. The Kier molecular flexibility index (Phi) is 3.23. The number of nitrogen functional groups attached to an aromatic ring is 1. The summed E-state index contributed by atoms with van der Waals surface area (Å²) in [4.78, 5) is 11.5. The fourth-order valence-electron chi connectivity index (χ4n) is 1.39. The summed E-state index contributed by atoms with van der Waals surface area (Å²) in [6.07, 6.45) is 0. The maximum absolute atomic E-state index is 13.6. The fraction of sp³-hybridized carbons (Fsp3) is 0.0909. The lowest BCUT2D eigenvalue weighted by molar-refractivity contribution is 0.573. The van der Waals surface area contributed by atoms with Gasteiger partial charge in [0.15, 0.2) is 0 Å². The molecule has 17 heavy (non-hydrogen) atoms. The number of rotatable bonds is 2. The molecule has 0 bridgehead atoms. The third-order valence-electron chi connectivity index (χ3n) is 2.22. The highest BCUT2D eigenvalue weighted by molar-refractivity contribution is 9.10. The number of halogens is 2. The monoisotopic (exact) mass is 297 g/mol. The van der Waals surface area contributed by atoms with Crippen molar-refractivity contribution < 1.29 is 4.39 Å². The zero-order chi connectivity index (χ0) is 12.4. The Morgan fingerprint density at radius 2 is 2.12 bits per heavy atom. The summed E-state index contributed by atoms with van der Waals surface area (Å²) >= 11 is 3.16. The minimum absolute atomic E-state index is 0.0585. The first-order valence-corrected chi connectivity index (χ1v) is 5.63. The van der Waals surface area contributed by atoms with Crippen LogP contribution in [0.25, 0.3) is 0 Å². The zero-order valence-corrected chi connectivity index (χ0v) is 10.3. The molecule has 0 saturated heterocycles. The highest BCUT2D eigenvalue weighted by Crippen LogP contribution is 2.15. The van der Waals surface area contributed by atoms with E-state index in [0.717, 1.165) is 4.68 Å². The number of nitrogens with two attached hydrogens (primary N) is 1. The molecule has 4 nitrogen and oxygen atoms in total. The minimum Gasteiger partial charge on any atom is -0.382 e. The third kappa shape index (κ3) is 2.71. The molecule has 0 aliphatic heterocycles. The molecule has 0 spiro atoms. The SMILES string of the molecule is Nc1ccc(=O)n(Cc2ccc(Br)cc2F)n1. The van der Waals surface area contributed by atoms with Crippen LogP contribution in [0.3, 0.4) is 0 Å². The van der Waals surface area contributed by atoms with Gasteiger partial charge in [0.25, 0.3) is 5.56 Å². The summed E-state index contributed by atoms with van der Waals surface area (Å²) in [7, 11) is 0. The molecule has 0 aliphatic rings. The van der Waals surface area contributed by atoms with Gasteiger partial charge in [-0.25, -0.2) is 9.07 Å². The second kappa shape index (κ2) is 4.67. The Bertz CT molecular complexity index is 612. The Hall–Kier alpha value is -1.69. The fourth-order valence-corrected chi connectivity index (χ4v) is 1.72. The van der Waals surface area contributed by atoms with E-state index in [-0.39, 0.29) is 17.9 Å². The van der Waals surface area contributed by atoms with Gasteiger partial charge in [0.2, 0.25) is 0 Å². The van der Waals surface area contributed by atoms with Crippen LogP contribution in [-0.2, 0) is 6.54 Å². The van der Waals surface area contributed by atoms with Crippen LogP contribution in [0.4, 0.5) is 10.2 Å². The van der Waals surface area contributed by atoms with E-state index in [0.29, 0.717) is 10.0 Å². The molecular formula is C11H9BrFN3O. The van der Waals surface area contributed by atoms with Crippen molar-refractivity contribution in [3.8, 4) is 0 Å². The van der Waals surface area contributed by atoms with Crippen molar-refractivity contribution >= 4 is 21.7 Å². The molecule has 6 heteroatoms. The van der Waals surface area contributed by atoms with Gasteiger partial charge >= 0.3 is 0 Å². The molecule has 0 fully saturated rings. The summed E-state index contributed by atoms with van der Waals surface area (Å²) in [6.45, 7) is 0.0585. The van der Waals surface area contributed by atoms with Crippen molar-refractivity contribution in [3.63, 3.8) is 0 Å². The van der Waals surface area contributed by atoms with Crippen molar-refractivity contribution in [1.82, 2.24) is 9.78 Å². The molecule has 0 radical (unpaired) electrons. The number of hydrogen-bond donors (Lipinski definition) is 1. The summed E-state index contributed by atoms with van der Waals surface area (Å²) in [5.41, 5.74) is 5.54. The van der Waals surface area contributed by atoms with Crippen LogP contribution in [0.15, 0.2) is 39.6 Å². The van der Waals surface area contributed by atoms with Gasteiger partial charge in [0.05, 0.1) is 6.54 Å². The molecule has 88 valence electrons. The number of anilines is 1. The summed E-state index contributed by atoms with van der Waals surface area (Å²) in [6, 6.07) is 7.36. The first-order chi connectivity index (χ1) is 8.06. The van der Waals surface area contributed by atoms with E-state index in [1.54, 1.807) is 12.1 Å². The van der Waals surface area contributed by atoms with Gasteiger partial charge in [-0.1, -0.05) is 22.0 Å². The van der Waals surface area contributed by atoms with E-state index in [1.165, 1.54) is 18.2 Å². The molecular weight excluding hydrogens is 289 g/mol. The Morgan fingerprint density at radius 3 is 2.82 bits per heavy atom. The molecule has 2 rings (SSSR count). The average molecular weight is 298 g/mol. The van der Waals surface area contributed by atoms with Gasteiger partial charge in [-0.2, -0.15) is 5.10 Å². The van der Waals surface area contributed by atoms with Gasteiger partial charge in [0, 0.05) is 16.1 Å². The Labute approximate surface area is 105 Å². The molecule has 2 aromatic rings. The highest BCUT2D eigenvalue weighted by Gasteiger charge is 2.05. The molecule has 0 aliphatic carbocycles. The number of benzene rings is 1. The second-order valence-electron chi connectivity index (χ2n) is 3.49. The van der Waals surface area contributed by atoms with Crippen molar-refractivity contribution in [1.29, 1.82) is 0 Å². The quantitative estimate of drug-likeness (QED) is 0.919. The van der Waals surface area contributed by atoms with E-state index in [4.69, 9.17) is 5.73 Å². The smallest absolute Gasteiger partial charge is 0.267 e. The van der Waals surface area contributed by atoms with Crippen LogP contribution in [0.1, 0.15) is 5.56 Å². The summed E-state index contributed by atoms with van der Waals surface area (Å²) in [5, 5.41) is 3.84. The molecule has 0 amide bonds.